The zero-order chi connectivity index (χ0) is 23.9. The molecule has 0 unspecified atom stereocenters. The van der Waals surface area contributed by atoms with Crippen LogP contribution in [0.2, 0.25) is 5.02 Å². The van der Waals surface area contributed by atoms with E-state index in [-0.39, 0.29) is 29.8 Å². The molecular formula is C25H23ClN2O5S. The molecule has 1 N–H and O–H groups in total. The fraction of sp³-hybridized carbons (Fsp3) is 0.240. The average Bonchev–Trinajstić information content (AvgIpc) is 3.21. The molecule has 0 atom stereocenters. The monoisotopic (exact) mass is 498 g/mol. The zero-order valence-electron chi connectivity index (χ0n) is 18.5. The highest BCUT2D eigenvalue weighted by atomic mass is 35.5. The lowest BCUT2D eigenvalue weighted by atomic mass is 9.97. The molecule has 0 spiro atoms. The number of piperidine rings is 1. The smallest absolute Gasteiger partial charge is 0.243 e. The Morgan fingerprint density at radius 3 is 2.44 bits per heavy atom. The van der Waals surface area contributed by atoms with Gasteiger partial charge in [0, 0.05) is 40.9 Å². The Kier molecular flexibility index (Phi) is 5.97. The number of methoxy groups -OCH3 is 1. The zero-order valence-corrected chi connectivity index (χ0v) is 20.0. The summed E-state index contributed by atoms with van der Waals surface area (Å²) in [6.07, 6.45) is 0.849. The molecule has 1 fully saturated rings. The molecule has 1 aliphatic rings. The van der Waals surface area contributed by atoms with E-state index < -0.39 is 10.0 Å². The predicted molar refractivity (Wildman–Crippen MR) is 132 cm³/mol. The van der Waals surface area contributed by atoms with Gasteiger partial charge in [0.1, 0.15) is 16.9 Å². The first-order valence-corrected chi connectivity index (χ1v) is 12.7. The van der Waals surface area contributed by atoms with Crippen LogP contribution in [0, 0.1) is 5.92 Å². The van der Waals surface area contributed by atoms with Gasteiger partial charge in [-0.05, 0) is 49.2 Å². The molecule has 7 nitrogen and oxygen atoms in total. The number of anilines is 1. The first kappa shape index (κ1) is 22.7. The molecule has 1 aromatic heterocycles. The summed E-state index contributed by atoms with van der Waals surface area (Å²) >= 11 is 5.87. The average molecular weight is 499 g/mol. The third-order valence-electron chi connectivity index (χ3n) is 6.23. The van der Waals surface area contributed by atoms with Gasteiger partial charge in [-0.25, -0.2) is 8.42 Å². The van der Waals surface area contributed by atoms with Crippen LogP contribution >= 0.6 is 11.6 Å². The second-order valence-corrected chi connectivity index (χ2v) is 10.6. The molecule has 1 aliphatic heterocycles. The molecule has 1 amide bonds. The van der Waals surface area contributed by atoms with Crippen LogP contribution in [0.3, 0.4) is 0 Å². The number of nitrogens with one attached hydrogen (secondary N) is 1. The summed E-state index contributed by atoms with van der Waals surface area (Å²) in [5.74, 6) is 0.0557. The van der Waals surface area contributed by atoms with Crippen LogP contribution in [0.15, 0.2) is 70.0 Å². The summed E-state index contributed by atoms with van der Waals surface area (Å²) in [5.41, 5.74) is 1.94. The van der Waals surface area contributed by atoms with Crippen molar-refractivity contribution in [3.05, 3.63) is 65.7 Å². The number of halogens is 1. The lowest BCUT2D eigenvalue weighted by molar-refractivity contribution is -0.120. The second-order valence-electron chi connectivity index (χ2n) is 8.27. The quantitative estimate of drug-likeness (QED) is 0.404. The van der Waals surface area contributed by atoms with Crippen molar-refractivity contribution in [3.63, 3.8) is 0 Å². The van der Waals surface area contributed by atoms with Crippen molar-refractivity contribution in [1.29, 1.82) is 0 Å². The fourth-order valence-corrected chi connectivity index (χ4v) is 5.96. The maximum absolute atomic E-state index is 13.0. The van der Waals surface area contributed by atoms with Gasteiger partial charge in [-0.1, -0.05) is 29.8 Å². The molecule has 9 heteroatoms. The summed E-state index contributed by atoms with van der Waals surface area (Å²) < 4.78 is 38.7. The summed E-state index contributed by atoms with van der Waals surface area (Å²) in [6, 6.07) is 17.5. The number of para-hydroxylation sites is 1. The van der Waals surface area contributed by atoms with E-state index in [4.69, 9.17) is 20.8 Å². The molecular weight excluding hydrogens is 476 g/mol. The van der Waals surface area contributed by atoms with Crippen molar-refractivity contribution in [1.82, 2.24) is 4.31 Å². The first-order chi connectivity index (χ1) is 16.4. The molecule has 0 bridgehead atoms. The van der Waals surface area contributed by atoms with E-state index in [2.05, 4.69) is 5.32 Å². The van der Waals surface area contributed by atoms with Gasteiger partial charge >= 0.3 is 0 Å². The van der Waals surface area contributed by atoms with Crippen molar-refractivity contribution in [2.24, 2.45) is 5.92 Å². The summed E-state index contributed by atoms with van der Waals surface area (Å²) in [7, 11) is -2.07. The summed E-state index contributed by atoms with van der Waals surface area (Å²) in [5, 5.41) is 5.31. The number of hydrogen-bond acceptors (Lipinski definition) is 5. The van der Waals surface area contributed by atoms with Gasteiger partial charge in [-0.2, -0.15) is 4.31 Å². The van der Waals surface area contributed by atoms with Gasteiger partial charge in [0.25, 0.3) is 0 Å². The van der Waals surface area contributed by atoms with E-state index in [9.17, 15) is 13.2 Å². The molecule has 176 valence electrons. The topological polar surface area (TPSA) is 88.9 Å². The molecule has 4 aromatic rings. The van der Waals surface area contributed by atoms with Crippen molar-refractivity contribution in [2.75, 3.05) is 25.5 Å². The van der Waals surface area contributed by atoms with E-state index >= 15 is 0 Å². The Hall–Kier alpha value is -3.07. The van der Waals surface area contributed by atoms with E-state index in [1.807, 2.05) is 30.3 Å². The Bertz CT molecular complexity index is 1470. The number of rotatable bonds is 5. The van der Waals surface area contributed by atoms with Crippen LogP contribution in [0.5, 0.6) is 5.75 Å². The number of furan rings is 1. The van der Waals surface area contributed by atoms with Crippen LogP contribution in [-0.4, -0.2) is 38.8 Å². The minimum absolute atomic E-state index is 0.169. The Morgan fingerprint density at radius 1 is 1.03 bits per heavy atom. The van der Waals surface area contributed by atoms with Crippen LogP contribution in [0.1, 0.15) is 12.8 Å². The number of ether oxygens (including phenoxy) is 1. The molecule has 5 rings (SSSR count). The minimum atomic E-state index is -3.62. The van der Waals surface area contributed by atoms with E-state index in [0.717, 1.165) is 16.4 Å². The van der Waals surface area contributed by atoms with Gasteiger partial charge < -0.3 is 14.5 Å². The van der Waals surface area contributed by atoms with Crippen LogP contribution in [0.4, 0.5) is 5.69 Å². The number of amides is 1. The highest BCUT2D eigenvalue weighted by Crippen LogP contribution is 2.37. The van der Waals surface area contributed by atoms with Crippen molar-refractivity contribution >= 4 is 55.2 Å². The molecule has 34 heavy (non-hydrogen) atoms. The Balaban J connectivity index is 1.31. The van der Waals surface area contributed by atoms with Gasteiger partial charge in [0.15, 0.2) is 0 Å². The van der Waals surface area contributed by atoms with Gasteiger partial charge in [0.05, 0.1) is 17.7 Å². The highest BCUT2D eigenvalue weighted by Gasteiger charge is 2.32. The number of carbonyl (C=O) groups is 1. The van der Waals surface area contributed by atoms with Crippen LogP contribution in [0.25, 0.3) is 21.9 Å². The third-order valence-corrected chi connectivity index (χ3v) is 8.40. The number of hydrogen-bond donors (Lipinski definition) is 1. The van der Waals surface area contributed by atoms with Crippen molar-refractivity contribution in [2.45, 2.75) is 17.7 Å². The molecule has 0 radical (unpaired) electrons. The SMILES string of the molecule is COc1cc2c(cc1NC(=O)C1CCN(S(=O)(=O)c3ccc(Cl)cc3)CC1)oc1ccccc12. The maximum Gasteiger partial charge on any atom is 0.243 e. The molecule has 0 aliphatic carbocycles. The van der Waals surface area contributed by atoms with Crippen LogP contribution < -0.4 is 10.1 Å². The van der Waals surface area contributed by atoms with Crippen LogP contribution in [-0.2, 0) is 14.8 Å². The largest absolute Gasteiger partial charge is 0.495 e. The Labute approximate surface area is 202 Å². The predicted octanol–water partition coefficient (Wildman–Crippen LogP) is 5.29. The molecule has 2 heterocycles. The Morgan fingerprint density at radius 2 is 1.74 bits per heavy atom. The number of sulfonamides is 1. The number of fused-ring (bicyclic) bond motifs is 3. The van der Waals surface area contributed by atoms with E-state index in [1.165, 1.54) is 16.4 Å². The number of carbonyl (C=O) groups excluding carboxylic acids is 1. The van der Waals surface area contributed by atoms with E-state index in [1.54, 1.807) is 25.3 Å². The van der Waals surface area contributed by atoms with Gasteiger partial charge in [-0.15, -0.1) is 0 Å². The maximum atomic E-state index is 13.0. The normalized spacial score (nSPS) is 15.6. The fourth-order valence-electron chi connectivity index (χ4n) is 4.37. The summed E-state index contributed by atoms with van der Waals surface area (Å²) in [4.78, 5) is 13.2. The number of nitrogens with zero attached hydrogens (tertiary/aromatic N) is 1. The minimum Gasteiger partial charge on any atom is -0.495 e. The van der Waals surface area contributed by atoms with Gasteiger partial charge in [0.2, 0.25) is 15.9 Å². The second kappa shape index (κ2) is 8.94. The molecule has 3 aromatic carbocycles. The number of benzene rings is 3. The highest BCUT2D eigenvalue weighted by molar-refractivity contribution is 7.89. The molecule has 1 saturated heterocycles. The lowest BCUT2D eigenvalue weighted by Gasteiger charge is -2.30. The lowest BCUT2D eigenvalue weighted by Crippen LogP contribution is -2.41. The van der Waals surface area contributed by atoms with Crippen molar-refractivity contribution < 1.29 is 22.4 Å². The van der Waals surface area contributed by atoms with Gasteiger partial charge in [-0.3, -0.25) is 4.79 Å². The first-order valence-electron chi connectivity index (χ1n) is 10.9. The summed E-state index contributed by atoms with van der Waals surface area (Å²) in [6.45, 7) is 0.533. The molecule has 0 saturated carbocycles. The van der Waals surface area contributed by atoms with E-state index in [0.29, 0.717) is 34.9 Å². The third kappa shape index (κ3) is 4.13. The van der Waals surface area contributed by atoms with Crippen molar-refractivity contribution in [3.8, 4) is 5.75 Å². The standard InChI is InChI=1S/C25H23ClN2O5S/c1-32-24-14-20-19-4-2-3-5-22(19)33-23(20)15-21(24)27-25(29)16-10-12-28(13-11-16)34(30,31)18-8-6-17(26)7-9-18/h2-9,14-16H,10-13H2,1H3,(H,27,29).